The second-order valence-electron chi connectivity index (χ2n) is 4.86. The molecule has 1 aliphatic rings. The Kier molecular flexibility index (Phi) is 4.11. The number of aliphatic hydroxyl groups excluding tert-OH is 1. The zero-order chi connectivity index (χ0) is 11.5. The Hall–Kier alpha value is -0.610. The molecule has 1 aliphatic heterocycles. The van der Waals surface area contributed by atoms with Crippen molar-refractivity contribution in [2.75, 3.05) is 6.61 Å². The van der Waals surface area contributed by atoms with Crippen molar-refractivity contribution in [2.45, 2.75) is 57.8 Å². The molecule has 0 bridgehead atoms. The van der Waals surface area contributed by atoms with Crippen molar-refractivity contribution < 1.29 is 14.6 Å². The van der Waals surface area contributed by atoms with Crippen molar-refractivity contribution in [1.29, 1.82) is 0 Å². The number of hydrogen-bond acceptors (Lipinski definition) is 3. The van der Waals surface area contributed by atoms with Gasteiger partial charge in [0.05, 0.1) is 6.10 Å². The molecule has 1 heterocycles. The fourth-order valence-electron chi connectivity index (χ4n) is 1.75. The lowest BCUT2D eigenvalue weighted by atomic mass is 10.0. The van der Waals surface area contributed by atoms with E-state index in [1.165, 1.54) is 0 Å². The molecule has 0 aromatic heterocycles. The van der Waals surface area contributed by atoms with E-state index in [1.54, 1.807) is 0 Å². The first kappa shape index (κ1) is 12.5. The normalized spacial score (nSPS) is 26.7. The van der Waals surface area contributed by atoms with E-state index >= 15 is 0 Å². The third-order valence-electron chi connectivity index (χ3n) is 2.72. The Bertz CT molecular complexity index is 228. The van der Waals surface area contributed by atoms with Crippen molar-refractivity contribution in [3.8, 4) is 0 Å². The van der Waals surface area contributed by atoms with E-state index in [4.69, 9.17) is 9.84 Å². The van der Waals surface area contributed by atoms with E-state index < -0.39 is 0 Å². The predicted octanol–water partition coefficient (Wildman–Crippen LogP) is 0.831. The molecule has 4 heteroatoms. The molecule has 88 valence electrons. The summed E-state index contributed by atoms with van der Waals surface area (Å²) in [6, 6.07) is 0. The highest BCUT2D eigenvalue weighted by molar-refractivity contribution is 5.81. The summed E-state index contributed by atoms with van der Waals surface area (Å²) < 4.78 is 5.47. The summed E-state index contributed by atoms with van der Waals surface area (Å²) in [5.41, 5.74) is -0.360. The largest absolute Gasteiger partial charge is 0.396 e. The van der Waals surface area contributed by atoms with Gasteiger partial charge in [0.1, 0.15) is 6.10 Å². The van der Waals surface area contributed by atoms with Crippen LogP contribution in [0.15, 0.2) is 0 Å². The van der Waals surface area contributed by atoms with Crippen LogP contribution in [0, 0.1) is 0 Å². The summed E-state index contributed by atoms with van der Waals surface area (Å²) in [5, 5.41) is 11.7. The molecule has 2 unspecified atom stereocenters. The standard InChI is InChI=1S/C11H21NO3/c1-8-4-5-9(15-8)10(14)12-11(2,3)6-7-13/h8-9,13H,4-7H2,1-3H3,(H,12,14). The van der Waals surface area contributed by atoms with Crippen LogP contribution >= 0.6 is 0 Å². The quantitative estimate of drug-likeness (QED) is 0.730. The van der Waals surface area contributed by atoms with Gasteiger partial charge in [0.15, 0.2) is 0 Å². The number of hydrogen-bond donors (Lipinski definition) is 2. The highest BCUT2D eigenvalue weighted by Crippen LogP contribution is 2.20. The first-order chi connectivity index (χ1) is 6.94. The molecular formula is C11H21NO3. The Morgan fingerprint density at radius 2 is 2.20 bits per heavy atom. The van der Waals surface area contributed by atoms with Crippen LogP contribution in [0.25, 0.3) is 0 Å². The third kappa shape index (κ3) is 3.80. The van der Waals surface area contributed by atoms with Crippen LogP contribution in [-0.4, -0.2) is 35.4 Å². The van der Waals surface area contributed by atoms with Gasteiger partial charge in [-0.25, -0.2) is 0 Å². The maximum absolute atomic E-state index is 11.8. The fourth-order valence-corrected chi connectivity index (χ4v) is 1.75. The fraction of sp³-hybridized carbons (Fsp3) is 0.909. The summed E-state index contributed by atoms with van der Waals surface area (Å²) in [6.45, 7) is 5.86. The molecule has 1 rings (SSSR count). The molecule has 4 nitrogen and oxygen atoms in total. The van der Waals surface area contributed by atoms with Crippen molar-refractivity contribution in [3.05, 3.63) is 0 Å². The van der Waals surface area contributed by atoms with Gasteiger partial charge in [-0.15, -0.1) is 0 Å². The minimum absolute atomic E-state index is 0.0576. The summed E-state index contributed by atoms with van der Waals surface area (Å²) in [5.74, 6) is -0.0576. The van der Waals surface area contributed by atoms with Gasteiger partial charge in [0, 0.05) is 12.1 Å². The first-order valence-corrected chi connectivity index (χ1v) is 5.53. The lowest BCUT2D eigenvalue weighted by molar-refractivity contribution is -0.133. The second kappa shape index (κ2) is 4.94. The number of nitrogens with one attached hydrogen (secondary N) is 1. The van der Waals surface area contributed by atoms with Crippen molar-refractivity contribution in [3.63, 3.8) is 0 Å². The lowest BCUT2D eigenvalue weighted by Gasteiger charge is -2.27. The Labute approximate surface area is 91.0 Å². The molecule has 2 atom stereocenters. The smallest absolute Gasteiger partial charge is 0.249 e. The van der Waals surface area contributed by atoms with Gasteiger partial charge in [-0.05, 0) is 40.0 Å². The van der Waals surface area contributed by atoms with E-state index in [9.17, 15) is 4.79 Å². The van der Waals surface area contributed by atoms with Crippen LogP contribution in [0.2, 0.25) is 0 Å². The van der Waals surface area contributed by atoms with Crippen LogP contribution in [0.5, 0.6) is 0 Å². The maximum atomic E-state index is 11.8. The predicted molar refractivity (Wildman–Crippen MR) is 57.5 cm³/mol. The SMILES string of the molecule is CC1CCC(C(=O)NC(C)(C)CCO)O1. The van der Waals surface area contributed by atoms with E-state index in [2.05, 4.69) is 5.32 Å². The second-order valence-corrected chi connectivity index (χ2v) is 4.86. The Balaban J connectivity index is 2.41. The average molecular weight is 215 g/mol. The summed E-state index contributed by atoms with van der Waals surface area (Å²) >= 11 is 0. The Morgan fingerprint density at radius 1 is 1.53 bits per heavy atom. The van der Waals surface area contributed by atoms with Gasteiger partial charge in [-0.2, -0.15) is 0 Å². The number of carbonyl (C=O) groups is 1. The van der Waals surface area contributed by atoms with E-state index in [-0.39, 0.29) is 30.3 Å². The molecule has 0 radical (unpaired) electrons. The maximum Gasteiger partial charge on any atom is 0.249 e. The highest BCUT2D eigenvalue weighted by Gasteiger charge is 2.31. The van der Waals surface area contributed by atoms with E-state index in [0.29, 0.717) is 6.42 Å². The first-order valence-electron chi connectivity index (χ1n) is 5.53. The molecule has 1 saturated heterocycles. The average Bonchev–Trinajstić information content (AvgIpc) is 2.50. The number of rotatable bonds is 4. The monoisotopic (exact) mass is 215 g/mol. The molecule has 15 heavy (non-hydrogen) atoms. The lowest BCUT2D eigenvalue weighted by Crippen LogP contribution is -2.48. The van der Waals surface area contributed by atoms with E-state index in [1.807, 2.05) is 20.8 Å². The number of aliphatic hydroxyl groups is 1. The van der Waals surface area contributed by atoms with Gasteiger partial charge in [0.25, 0.3) is 0 Å². The van der Waals surface area contributed by atoms with Crippen LogP contribution < -0.4 is 5.32 Å². The minimum atomic E-state index is -0.360. The van der Waals surface area contributed by atoms with Crippen molar-refractivity contribution in [1.82, 2.24) is 5.32 Å². The van der Waals surface area contributed by atoms with Gasteiger partial charge < -0.3 is 15.2 Å². The molecule has 0 aliphatic carbocycles. The van der Waals surface area contributed by atoms with Gasteiger partial charge in [-0.3, -0.25) is 4.79 Å². The molecule has 0 spiro atoms. The highest BCUT2D eigenvalue weighted by atomic mass is 16.5. The zero-order valence-corrected chi connectivity index (χ0v) is 9.75. The molecule has 0 aromatic carbocycles. The third-order valence-corrected chi connectivity index (χ3v) is 2.72. The van der Waals surface area contributed by atoms with E-state index in [0.717, 1.165) is 12.8 Å². The van der Waals surface area contributed by atoms with Gasteiger partial charge in [-0.1, -0.05) is 0 Å². The molecule has 0 aromatic rings. The number of carbonyl (C=O) groups excluding carboxylic acids is 1. The number of amides is 1. The molecule has 1 amide bonds. The Morgan fingerprint density at radius 3 is 2.67 bits per heavy atom. The van der Waals surface area contributed by atoms with Crippen LogP contribution in [0.4, 0.5) is 0 Å². The minimum Gasteiger partial charge on any atom is -0.396 e. The van der Waals surface area contributed by atoms with Gasteiger partial charge >= 0.3 is 0 Å². The summed E-state index contributed by atoms with van der Waals surface area (Å²) in [4.78, 5) is 11.8. The topological polar surface area (TPSA) is 58.6 Å². The number of ether oxygens (including phenoxy) is 1. The van der Waals surface area contributed by atoms with Crippen LogP contribution in [0.3, 0.4) is 0 Å². The summed E-state index contributed by atoms with van der Waals surface area (Å²) in [6.07, 6.45) is 2.17. The van der Waals surface area contributed by atoms with Crippen molar-refractivity contribution in [2.24, 2.45) is 0 Å². The molecule has 1 fully saturated rings. The van der Waals surface area contributed by atoms with Crippen molar-refractivity contribution >= 4 is 5.91 Å². The molecular weight excluding hydrogens is 194 g/mol. The zero-order valence-electron chi connectivity index (χ0n) is 9.75. The van der Waals surface area contributed by atoms with Crippen LogP contribution in [0.1, 0.15) is 40.0 Å². The van der Waals surface area contributed by atoms with Gasteiger partial charge in [0.2, 0.25) is 5.91 Å². The molecule has 2 N–H and O–H groups in total. The molecule has 0 saturated carbocycles. The summed E-state index contributed by atoms with van der Waals surface area (Å²) in [7, 11) is 0. The van der Waals surface area contributed by atoms with Crippen LogP contribution in [-0.2, 0) is 9.53 Å².